The minimum atomic E-state index is 0.264. The largest absolute Gasteiger partial charge is 0.381 e. The Morgan fingerprint density at radius 1 is 1.54 bits per heavy atom. The van der Waals surface area contributed by atoms with Crippen LogP contribution < -0.4 is 5.32 Å². The summed E-state index contributed by atoms with van der Waals surface area (Å²) < 4.78 is 5.30. The van der Waals surface area contributed by atoms with E-state index in [0.717, 1.165) is 45.6 Å². The van der Waals surface area contributed by atoms with E-state index in [2.05, 4.69) is 5.32 Å². The Labute approximate surface area is 78.8 Å². The monoisotopic (exact) mass is 183 g/mol. The fourth-order valence-corrected chi connectivity index (χ4v) is 2.19. The summed E-state index contributed by atoms with van der Waals surface area (Å²) in [5, 5.41) is 3.28. The van der Waals surface area contributed by atoms with Crippen LogP contribution in [0.3, 0.4) is 0 Å². The maximum absolute atomic E-state index is 11.5. The van der Waals surface area contributed by atoms with Crippen LogP contribution in [0.2, 0.25) is 0 Å². The molecule has 0 aromatic heterocycles. The van der Waals surface area contributed by atoms with Crippen molar-refractivity contribution in [3.8, 4) is 0 Å². The lowest BCUT2D eigenvalue weighted by Gasteiger charge is -2.23. The number of Topliss-reactive ketones (excluding diaryl/α,β-unsaturated/α-hetero) is 1. The number of rotatable bonds is 2. The molecule has 0 aliphatic carbocycles. The van der Waals surface area contributed by atoms with Crippen molar-refractivity contribution in [1.29, 1.82) is 0 Å². The Morgan fingerprint density at radius 2 is 2.46 bits per heavy atom. The van der Waals surface area contributed by atoms with Gasteiger partial charge in [0, 0.05) is 38.6 Å². The smallest absolute Gasteiger partial charge is 0.138 e. The first-order valence-corrected chi connectivity index (χ1v) is 5.17. The Hall–Kier alpha value is -0.410. The molecule has 2 rings (SSSR count). The molecule has 3 nitrogen and oxygen atoms in total. The van der Waals surface area contributed by atoms with Crippen LogP contribution in [0.15, 0.2) is 0 Å². The molecule has 1 N–H and O–H groups in total. The van der Waals surface area contributed by atoms with E-state index in [-0.39, 0.29) is 5.92 Å². The molecule has 0 spiro atoms. The lowest BCUT2D eigenvalue weighted by Crippen LogP contribution is -2.37. The molecule has 0 aromatic rings. The maximum atomic E-state index is 11.5. The van der Waals surface area contributed by atoms with Crippen LogP contribution in [0.5, 0.6) is 0 Å². The number of nitrogens with one attached hydrogen (secondary N) is 1. The Morgan fingerprint density at radius 3 is 3.15 bits per heavy atom. The lowest BCUT2D eigenvalue weighted by molar-refractivity contribution is -0.124. The molecule has 0 bridgehead atoms. The zero-order chi connectivity index (χ0) is 9.10. The van der Waals surface area contributed by atoms with E-state index in [1.165, 1.54) is 0 Å². The van der Waals surface area contributed by atoms with Crippen LogP contribution >= 0.6 is 0 Å². The van der Waals surface area contributed by atoms with E-state index in [4.69, 9.17) is 4.74 Å². The quantitative estimate of drug-likeness (QED) is 0.681. The molecule has 0 aromatic carbocycles. The molecule has 0 saturated carbocycles. The summed E-state index contributed by atoms with van der Waals surface area (Å²) in [5.41, 5.74) is 0. The van der Waals surface area contributed by atoms with Crippen LogP contribution in [-0.4, -0.2) is 32.1 Å². The second-order valence-electron chi connectivity index (χ2n) is 4.08. The summed E-state index contributed by atoms with van der Waals surface area (Å²) in [6, 6.07) is 0. The molecule has 2 atom stereocenters. The van der Waals surface area contributed by atoms with Gasteiger partial charge in [0.05, 0.1) is 0 Å². The summed E-state index contributed by atoms with van der Waals surface area (Å²) >= 11 is 0. The number of ketones is 1. The average molecular weight is 183 g/mol. The second kappa shape index (κ2) is 4.20. The van der Waals surface area contributed by atoms with Crippen molar-refractivity contribution in [3.63, 3.8) is 0 Å². The summed E-state index contributed by atoms with van der Waals surface area (Å²) in [4.78, 5) is 11.5. The van der Waals surface area contributed by atoms with Gasteiger partial charge < -0.3 is 10.1 Å². The van der Waals surface area contributed by atoms with Crippen molar-refractivity contribution >= 4 is 5.78 Å². The molecule has 2 aliphatic heterocycles. The molecular formula is C10H17NO2. The van der Waals surface area contributed by atoms with Crippen LogP contribution in [0.4, 0.5) is 0 Å². The second-order valence-corrected chi connectivity index (χ2v) is 4.08. The number of hydrogen-bond acceptors (Lipinski definition) is 3. The van der Waals surface area contributed by atoms with Crippen molar-refractivity contribution in [2.75, 3.05) is 26.3 Å². The van der Waals surface area contributed by atoms with Crippen molar-refractivity contribution in [1.82, 2.24) is 5.32 Å². The predicted molar refractivity (Wildman–Crippen MR) is 49.5 cm³/mol. The topological polar surface area (TPSA) is 38.3 Å². The normalized spacial score (nSPS) is 35.2. The third kappa shape index (κ3) is 2.29. The van der Waals surface area contributed by atoms with Crippen LogP contribution in [-0.2, 0) is 9.53 Å². The van der Waals surface area contributed by atoms with Gasteiger partial charge in [-0.1, -0.05) is 0 Å². The van der Waals surface area contributed by atoms with Crippen molar-refractivity contribution < 1.29 is 9.53 Å². The average Bonchev–Trinajstić information content (AvgIpc) is 2.61. The molecule has 3 heteroatoms. The highest BCUT2D eigenvalue weighted by atomic mass is 16.5. The standard InChI is InChI=1S/C10H17NO2/c12-10-1-3-11-6-9(10)5-8-2-4-13-7-8/h8-9,11H,1-7H2. The Kier molecular flexibility index (Phi) is 2.96. The molecule has 2 fully saturated rings. The summed E-state index contributed by atoms with van der Waals surface area (Å²) in [7, 11) is 0. The lowest BCUT2D eigenvalue weighted by atomic mass is 9.88. The Balaban J connectivity index is 1.81. The minimum absolute atomic E-state index is 0.264. The molecule has 74 valence electrons. The van der Waals surface area contributed by atoms with E-state index in [0.29, 0.717) is 11.7 Å². The van der Waals surface area contributed by atoms with Crippen molar-refractivity contribution in [3.05, 3.63) is 0 Å². The predicted octanol–water partition coefficient (Wildman–Crippen LogP) is 0.592. The number of piperidine rings is 1. The van der Waals surface area contributed by atoms with E-state index in [1.54, 1.807) is 0 Å². The first-order chi connectivity index (χ1) is 6.36. The van der Waals surface area contributed by atoms with E-state index in [1.807, 2.05) is 0 Å². The van der Waals surface area contributed by atoms with Gasteiger partial charge in [0.15, 0.2) is 0 Å². The van der Waals surface area contributed by atoms with E-state index in [9.17, 15) is 4.79 Å². The maximum Gasteiger partial charge on any atom is 0.138 e. The molecule has 0 radical (unpaired) electrons. The van der Waals surface area contributed by atoms with Gasteiger partial charge in [-0.3, -0.25) is 4.79 Å². The third-order valence-corrected chi connectivity index (χ3v) is 3.04. The van der Waals surface area contributed by atoms with Gasteiger partial charge in [-0.2, -0.15) is 0 Å². The fraction of sp³-hybridized carbons (Fsp3) is 0.900. The zero-order valence-electron chi connectivity index (χ0n) is 7.92. The third-order valence-electron chi connectivity index (χ3n) is 3.04. The van der Waals surface area contributed by atoms with Crippen LogP contribution in [0.1, 0.15) is 19.3 Å². The van der Waals surface area contributed by atoms with Crippen LogP contribution in [0, 0.1) is 11.8 Å². The molecule has 2 saturated heterocycles. The van der Waals surface area contributed by atoms with Gasteiger partial charge in [0.2, 0.25) is 0 Å². The summed E-state index contributed by atoms with van der Waals surface area (Å²) in [6.45, 7) is 3.51. The zero-order valence-corrected chi connectivity index (χ0v) is 7.92. The molecule has 13 heavy (non-hydrogen) atoms. The van der Waals surface area contributed by atoms with Crippen LogP contribution in [0.25, 0.3) is 0 Å². The SMILES string of the molecule is O=C1CCNCC1CC1CCOC1. The highest BCUT2D eigenvalue weighted by Gasteiger charge is 2.26. The molecular weight excluding hydrogens is 166 g/mol. The van der Waals surface area contributed by atoms with Gasteiger partial charge >= 0.3 is 0 Å². The summed E-state index contributed by atoms with van der Waals surface area (Å²) in [5.74, 6) is 1.35. The molecule has 2 heterocycles. The van der Waals surface area contributed by atoms with Gasteiger partial charge in [0.25, 0.3) is 0 Å². The molecule has 2 unspecified atom stereocenters. The van der Waals surface area contributed by atoms with Gasteiger partial charge in [-0.05, 0) is 18.8 Å². The van der Waals surface area contributed by atoms with E-state index >= 15 is 0 Å². The molecule has 0 amide bonds. The highest BCUT2D eigenvalue weighted by molar-refractivity contribution is 5.82. The van der Waals surface area contributed by atoms with Gasteiger partial charge in [-0.25, -0.2) is 0 Å². The molecule has 2 aliphatic rings. The number of hydrogen-bond donors (Lipinski definition) is 1. The van der Waals surface area contributed by atoms with Gasteiger partial charge in [-0.15, -0.1) is 0 Å². The Bertz CT molecular complexity index is 187. The van der Waals surface area contributed by atoms with Gasteiger partial charge in [0.1, 0.15) is 5.78 Å². The highest BCUT2D eigenvalue weighted by Crippen LogP contribution is 2.23. The number of carbonyl (C=O) groups is 1. The van der Waals surface area contributed by atoms with Crippen molar-refractivity contribution in [2.24, 2.45) is 11.8 Å². The van der Waals surface area contributed by atoms with Crippen molar-refractivity contribution in [2.45, 2.75) is 19.3 Å². The van der Waals surface area contributed by atoms with E-state index < -0.39 is 0 Å². The fourth-order valence-electron chi connectivity index (χ4n) is 2.19. The summed E-state index contributed by atoms with van der Waals surface area (Å²) in [6.07, 6.45) is 2.90. The number of carbonyl (C=O) groups excluding carboxylic acids is 1. The first-order valence-electron chi connectivity index (χ1n) is 5.17. The minimum Gasteiger partial charge on any atom is -0.381 e. The number of ether oxygens (including phenoxy) is 1. The first kappa shape index (κ1) is 9.16.